The maximum Gasteiger partial charge on any atom is 0.294 e. The van der Waals surface area contributed by atoms with Gasteiger partial charge in [-0.2, -0.15) is 8.42 Å². The summed E-state index contributed by atoms with van der Waals surface area (Å²) in [5.41, 5.74) is 1.44. The lowest BCUT2D eigenvalue weighted by Gasteiger charge is -2.40. The van der Waals surface area contributed by atoms with Crippen LogP contribution in [-0.2, 0) is 21.3 Å². The van der Waals surface area contributed by atoms with Crippen LogP contribution in [0.1, 0.15) is 54.0 Å². The van der Waals surface area contributed by atoms with E-state index in [2.05, 4.69) is 10.3 Å². The molecule has 1 aromatic carbocycles. The molecule has 0 aliphatic carbocycles. The van der Waals surface area contributed by atoms with Crippen molar-refractivity contribution in [2.45, 2.75) is 44.7 Å². The van der Waals surface area contributed by atoms with Crippen LogP contribution in [0.4, 0.5) is 0 Å². The van der Waals surface area contributed by atoms with Gasteiger partial charge >= 0.3 is 0 Å². The number of aryl methyl sites for hydroxylation is 2. The number of aromatic nitrogens is 2. The summed E-state index contributed by atoms with van der Waals surface area (Å²) in [5.74, 6) is 0.806. The highest BCUT2D eigenvalue weighted by Gasteiger charge is 2.37. The number of fused-ring (bicyclic) bond motifs is 1. The number of hydrogen-bond acceptors (Lipinski definition) is 7. The summed E-state index contributed by atoms with van der Waals surface area (Å²) >= 11 is 0. The number of benzene rings is 1. The molecule has 0 saturated carbocycles. The molecule has 10 nitrogen and oxygen atoms in total. The number of methoxy groups -OCH3 is 1. The van der Waals surface area contributed by atoms with Crippen LogP contribution in [-0.4, -0.2) is 55.4 Å². The van der Waals surface area contributed by atoms with Gasteiger partial charge in [0, 0.05) is 19.1 Å². The van der Waals surface area contributed by atoms with E-state index >= 15 is 0 Å². The standard InChI is InChI=1S/C20H28N4O6S/c1-5-7-17-21-13(3)18-20(25)22-19(23(24(17)18)10-11-29-4)15-12-14(31(26,27)28)8-9-16(15)30-6-2/h8-9,12,19H,5-7,10-11H2,1-4H3,(H,22,25)(H,26,27,28). The third-order valence-corrected chi connectivity index (χ3v) is 5.85. The van der Waals surface area contributed by atoms with E-state index in [1.54, 1.807) is 25.6 Å². The minimum absolute atomic E-state index is 0.284. The Morgan fingerprint density at radius 2 is 2.03 bits per heavy atom. The lowest BCUT2D eigenvalue weighted by Crippen LogP contribution is -2.55. The number of carbonyl (C=O) groups is 1. The number of imidazole rings is 1. The molecule has 11 heteroatoms. The summed E-state index contributed by atoms with van der Waals surface area (Å²) in [5, 5.41) is 4.81. The molecular formula is C20H28N4O6S. The first-order chi connectivity index (χ1) is 14.7. The Bertz CT molecular complexity index is 1070. The molecular weight excluding hydrogens is 424 g/mol. The molecule has 0 fully saturated rings. The number of carbonyl (C=O) groups excluding carboxylic acids is 1. The van der Waals surface area contributed by atoms with Crippen LogP contribution in [0, 0.1) is 6.92 Å². The summed E-state index contributed by atoms with van der Waals surface area (Å²) in [6.07, 6.45) is 0.735. The summed E-state index contributed by atoms with van der Waals surface area (Å²) in [7, 11) is -2.87. The Labute approximate surface area is 181 Å². The highest BCUT2D eigenvalue weighted by atomic mass is 32.2. The zero-order chi connectivity index (χ0) is 22.8. The third kappa shape index (κ3) is 4.53. The third-order valence-electron chi connectivity index (χ3n) is 5.01. The Hall–Kier alpha value is -2.63. The fraction of sp³-hybridized carbons (Fsp3) is 0.500. The van der Waals surface area contributed by atoms with Crippen LogP contribution in [0.5, 0.6) is 5.75 Å². The molecule has 1 aromatic heterocycles. The molecule has 1 unspecified atom stereocenters. The highest BCUT2D eigenvalue weighted by Crippen LogP contribution is 2.33. The predicted octanol–water partition coefficient (Wildman–Crippen LogP) is 1.82. The molecule has 1 atom stereocenters. The maximum atomic E-state index is 13.0. The molecule has 1 aliphatic heterocycles. The van der Waals surface area contributed by atoms with Gasteiger partial charge < -0.3 is 14.8 Å². The molecule has 170 valence electrons. The second-order valence-corrected chi connectivity index (χ2v) is 8.58. The minimum Gasteiger partial charge on any atom is -0.493 e. The maximum absolute atomic E-state index is 13.0. The topological polar surface area (TPSA) is 123 Å². The Morgan fingerprint density at radius 3 is 2.65 bits per heavy atom. The number of nitrogens with zero attached hydrogens (tertiary/aromatic N) is 3. The second kappa shape index (κ2) is 9.25. The van der Waals surface area contributed by atoms with Crippen molar-refractivity contribution < 1.29 is 27.2 Å². The summed E-state index contributed by atoms with van der Waals surface area (Å²) in [6, 6.07) is 4.06. The lowest BCUT2D eigenvalue weighted by atomic mass is 10.1. The number of rotatable bonds is 9. The van der Waals surface area contributed by atoms with Gasteiger partial charge in [-0.25, -0.2) is 9.66 Å². The van der Waals surface area contributed by atoms with Gasteiger partial charge in [-0.3, -0.25) is 14.4 Å². The summed E-state index contributed by atoms with van der Waals surface area (Å²) in [6.45, 7) is 6.70. The van der Waals surface area contributed by atoms with E-state index < -0.39 is 16.3 Å². The first-order valence-corrected chi connectivity index (χ1v) is 11.6. The van der Waals surface area contributed by atoms with Gasteiger partial charge in [0.25, 0.3) is 16.0 Å². The lowest BCUT2D eigenvalue weighted by molar-refractivity contribution is 0.0883. The highest BCUT2D eigenvalue weighted by molar-refractivity contribution is 7.85. The van der Waals surface area contributed by atoms with Gasteiger partial charge in [-0.15, -0.1) is 0 Å². The van der Waals surface area contributed by atoms with Crippen molar-refractivity contribution in [3.8, 4) is 5.75 Å². The smallest absolute Gasteiger partial charge is 0.294 e. The molecule has 0 saturated heterocycles. The van der Waals surface area contributed by atoms with Gasteiger partial charge in [0.2, 0.25) is 0 Å². The summed E-state index contributed by atoms with van der Waals surface area (Å²) < 4.78 is 45.9. The Kier molecular flexibility index (Phi) is 6.87. The van der Waals surface area contributed by atoms with E-state index in [0.29, 0.717) is 48.9 Å². The van der Waals surface area contributed by atoms with E-state index in [-0.39, 0.29) is 10.8 Å². The minimum atomic E-state index is -4.45. The van der Waals surface area contributed by atoms with Crippen molar-refractivity contribution >= 4 is 16.0 Å². The molecule has 2 heterocycles. The Balaban J connectivity index is 2.21. The number of ether oxygens (including phenoxy) is 2. The zero-order valence-corrected chi connectivity index (χ0v) is 18.9. The van der Waals surface area contributed by atoms with Crippen LogP contribution >= 0.6 is 0 Å². The molecule has 1 amide bonds. The van der Waals surface area contributed by atoms with Gasteiger partial charge in [0.15, 0.2) is 5.69 Å². The second-order valence-electron chi connectivity index (χ2n) is 7.16. The van der Waals surface area contributed by atoms with E-state index in [9.17, 15) is 17.8 Å². The largest absolute Gasteiger partial charge is 0.493 e. The van der Waals surface area contributed by atoms with Gasteiger partial charge in [-0.05, 0) is 38.5 Å². The van der Waals surface area contributed by atoms with E-state index in [0.717, 1.165) is 12.2 Å². The molecule has 2 aromatic rings. The molecule has 1 aliphatic rings. The zero-order valence-electron chi connectivity index (χ0n) is 18.1. The number of amides is 1. The monoisotopic (exact) mass is 452 g/mol. The van der Waals surface area contributed by atoms with Gasteiger partial charge in [0.05, 0.1) is 30.3 Å². The fourth-order valence-electron chi connectivity index (χ4n) is 3.72. The first kappa shape index (κ1) is 23.0. The van der Waals surface area contributed by atoms with E-state index in [1.807, 2.05) is 11.9 Å². The molecule has 0 bridgehead atoms. The van der Waals surface area contributed by atoms with Crippen molar-refractivity contribution in [1.29, 1.82) is 0 Å². The molecule has 31 heavy (non-hydrogen) atoms. The van der Waals surface area contributed by atoms with Crippen molar-refractivity contribution in [2.24, 2.45) is 0 Å². The predicted molar refractivity (Wildman–Crippen MR) is 114 cm³/mol. The average Bonchev–Trinajstić information content (AvgIpc) is 3.04. The average molecular weight is 453 g/mol. The summed E-state index contributed by atoms with van der Waals surface area (Å²) in [4.78, 5) is 17.3. The van der Waals surface area contributed by atoms with Crippen LogP contribution in [0.25, 0.3) is 0 Å². The van der Waals surface area contributed by atoms with Crippen LogP contribution in [0.2, 0.25) is 0 Å². The Morgan fingerprint density at radius 1 is 1.29 bits per heavy atom. The first-order valence-electron chi connectivity index (χ1n) is 10.1. The fourth-order valence-corrected chi connectivity index (χ4v) is 4.24. The quantitative estimate of drug-likeness (QED) is 0.552. The van der Waals surface area contributed by atoms with Crippen LogP contribution < -0.4 is 15.1 Å². The molecule has 3 rings (SSSR count). The number of hydrogen-bond donors (Lipinski definition) is 2. The SMILES string of the molecule is CCCc1nc(C)c2n1N(CCOC)C(c1cc(S(=O)(=O)O)ccc1OCC)NC2=O. The van der Waals surface area contributed by atoms with Crippen LogP contribution in [0.15, 0.2) is 23.1 Å². The van der Waals surface area contributed by atoms with Gasteiger partial charge in [0.1, 0.15) is 17.7 Å². The van der Waals surface area contributed by atoms with E-state index in [1.165, 1.54) is 18.2 Å². The van der Waals surface area contributed by atoms with E-state index in [4.69, 9.17) is 9.47 Å². The van der Waals surface area contributed by atoms with Crippen molar-refractivity contribution in [2.75, 3.05) is 31.9 Å². The molecule has 2 N–H and O–H groups in total. The van der Waals surface area contributed by atoms with Gasteiger partial charge in [-0.1, -0.05) is 6.92 Å². The van der Waals surface area contributed by atoms with Crippen molar-refractivity contribution in [3.63, 3.8) is 0 Å². The normalized spacial score (nSPS) is 16.2. The van der Waals surface area contributed by atoms with Crippen LogP contribution in [0.3, 0.4) is 0 Å². The molecule has 0 radical (unpaired) electrons. The number of nitrogens with one attached hydrogen (secondary N) is 1. The molecule has 0 spiro atoms. The van der Waals surface area contributed by atoms with Crippen molar-refractivity contribution in [3.05, 3.63) is 41.0 Å². The van der Waals surface area contributed by atoms with Crippen molar-refractivity contribution in [1.82, 2.24) is 15.0 Å².